The van der Waals surface area contributed by atoms with Crippen molar-refractivity contribution >= 4 is 40.8 Å². The highest BCUT2D eigenvalue weighted by Crippen LogP contribution is 2.32. The van der Waals surface area contributed by atoms with Crippen LogP contribution in [-0.4, -0.2) is 18.1 Å². The summed E-state index contributed by atoms with van der Waals surface area (Å²) in [5, 5.41) is 1.03. The zero-order valence-corrected chi connectivity index (χ0v) is 12.1. The Balaban J connectivity index is 2.65. The standard InChI is InChI=1S/C13H8Cl3NO2/c1-19-13(18)12-8(5-17-6-11(12)16)7-2-3-9(14)10(15)4-7/h2-6H,1H3. The zero-order chi connectivity index (χ0) is 14.0. The molecule has 0 unspecified atom stereocenters. The van der Waals surface area contributed by atoms with E-state index in [0.29, 0.717) is 21.2 Å². The van der Waals surface area contributed by atoms with Crippen LogP contribution in [0.4, 0.5) is 0 Å². The molecule has 2 rings (SSSR count). The minimum atomic E-state index is -0.534. The number of methoxy groups -OCH3 is 1. The van der Waals surface area contributed by atoms with Gasteiger partial charge in [0.2, 0.25) is 0 Å². The van der Waals surface area contributed by atoms with Crippen molar-refractivity contribution < 1.29 is 9.53 Å². The molecule has 0 amide bonds. The second-order valence-electron chi connectivity index (χ2n) is 3.66. The van der Waals surface area contributed by atoms with Crippen molar-refractivity contribution in [3.8, 4) is 11.1 Å². The molecule has 0 aliphatic carbocycles. The fourth-order valence-corrected chi connectivity index (χ4v) is 2.16. The van der Waals surface area contributed by atoms with Crippen molar-refractivity contribution in [2.75, 3.05) is 7.11 Å². The van der Waals surface area contributed by atoms with Crippen LogP contribution in [0.1, 0.15) is 10.4 Å². The van der Waals surface area contributed by atoms with Crippen LogP contribution < -0.4 is 0 Å². The number of pyridine rings is 1. The molecule has 0 saturated heterocycles. The van der Waals surface area contributed by atoms with Gasteiger partial charge in [0.05, 0.1) is 27.7 Å². The first-order valence-corrected chi connectivity index (χ1v) is 6.35. The molecule has 0 spiro atoms. The van der Waals surface area contributed by atoms with E-state index < -0.39 is 5.97 Å². The maximum absolute atomic E-state index is 11.8. The van der Waals surface area contributed by atoms with Crippen molar-refractivity contribution in [2.45, 2.75) is 0 Å². The number of esters is 1. The highest BCUT2D eigenvalue weighted by Gasteiger charge is 2.18. The van der Waals surface area contributed by atoms with E-state index >= 15 is 0 Å². The molecule has 0 aliphatic rings. The van der Waals surface area contributed by atoms with Gasteiger partial charge in [-0.25, -0.2) is 4.79 Å². The van der Waals surface area contributed by atoms with Gasteiger partial charge in [-0.3, -0.25) is 4.98 Å². The lowest BCUT2D eigenvalue weighted by atomic mass is 10.0. The molecule has 0 saturated carbocycles. The van der Waals surface area contributed by atoms with Crippen LogP contribution in [0.3, 0.4) is 0 Å². The van der Waals surface area contributed by atoms with Crippen molar-refractivity contribution in [3.63, 3.8) is 0 Å². The van der Waals surface area contributed by atoms with Gasteiger partial charge in [-0.05, 0) is 17.7 Å². The summed E-state index contributed by atoms with van der Waals surface area (Å²) < 4.78 is 4.72. The number of hydrogen-bond donors (Lipinski definition) is 0. The third kappa shape index (κ3) is 2.84. The van der Waals surface area contributed by atoms with Crippen LogP contribution in [0.2, 0.25) is 15.1 Å². The van der Waals surface area contributed by atoms with Crippen molar-refractivity contribution in [3.05, 3.63) is 51.2 Å². The molecular formula is C13H8Cl3NO2. The number of carbonyl (C=O) groups is 1. The summed E-state index contributed by atoms with van der Waals surface area (Å²) >= 11 is 17.8. The Morgan fingerprint density at radius 3 is 2.47 bits per heavy atom. The second-order valence-corrected chi connectivity index (χ2v) is 4.89. The molecule has 3 nitrogen and oxygen atoms in total. The van der Waals surface area contributed by atoms with Gasteiger partial charge < -0.3 is 4.74 Å². The normalized spacial score (nSPS) is 10.3. The summed E-state index contributed by atoms with van der Waals surface area (Å²) in [5.41, 5.74) is 1.47. The molecule has 0 aliphatic heterocycles. The largest absolute Gasteiger partial charge is 0.465 e. The lowest BCUT2D eigenvalue weighted by molar-refractivity contribution is 0.0601. The molecule has 0 atom stereocenters. The monoisotopic (exact) mass is 315 g/mol. The van der Waals surface area contributed by atoms with Crippen LogP contribution in [0, 0.1) is 0 Å². The van der Waals surface area contributed by atoms with Gasteiger partial charge in [0.25, 0.3) is 0 Å². The van der Waals surface area contributed by atoms with E-state index in [1.807, 2.05) is 0 Å². The number of aromatic nitrogens is 1. The highest BCUT2D eigenvalue weighted by molar-refractivity contribution is 6.42. The Morgan fingerprint density at radius 2 is 1.84 bits per heavy atom. The Morgan fingerprint density at radius 1 is 1.11 bits per heavy atom. The molecule has 98 valence electrons. The number of benzene rings is 1. The Bertz CT molecular complexity index is 644. The van der Waals surface area contributed by atoms with E-state index in [-0.39, 0.29) is 10.6 Å². The fraction of sp³-hybridized carbons (Fsp3) is 0.0769. The molecule has 0 fully saturated rings. The average Bonchev–Trinajstić information content (AvgIpc) is 2.41. The first-order valence-electron chi connectivity index (χ1n) is 5.22. The molecule has 0 radical (unpaired) electrons. The third-order valence-electron chi connectivity index (χ3n) is 2.52. The van der Waals surface area contributed by atoms with E-state index in [9.17, 15) is 4.79 Å². The van der Waals surface area contributed by atoms with Crippen LogP contribution >= 0.6 is 34.8 Å². The number of nitrogens with zero attached hydrogens (tertiary/aromatic N) is 1. The topological polar surface area (TPSA) is 39.2 Å². The maximum Gasteiger partial charge on any atom is 0.340 e. The fourth-order valence-electron chi connectivity index (χ4n) is 1.63. The van der Waals surface area contributed by atoms with E-state index in [1.165, 1.54) is 19.5 Å². The van der Waals surface area contributed by atoms with Gasteiger partial charge in [0.15, 0.2) is 0 Å². The van der Waals surface area contributed by atoms with Crippen molar-refractivity contribution in [2.24, 2.45) is 0 Å². The lowest BCUT2D eigenvalue weighted by Crippen LogP contribution is -2.05. The Labute approximate surface area is 125 Å². The summed E-state index contributed by atoms with van der Waals surface area (Å²) in [4.78, 5) is 15.8. The second kappa shape index (κ2) is 5.78. The first-order chi connectivity index (χ1) is 9.04. The maximum atomic E-state index is 11.8. The van der Waals surface area contributed by atoms with Crippen LogP contribution in [-0.2, 0) is 4.74 Å². The number of carbonyl (C=O) groups excluding carboxylic acids is 1. The van der Waals surface area contributed by atoms with E-state index in [4.69, 9.17) is 39.5 Å². The van der Waals surface area contributed by atoms with E-state index in [2.05, 4.69) is 4.98 Å². The molecule has 1 aromatic heterocycles. The van der Waals surface area contributed by atoms with Crippen LogP contribution in [0.5, 0.6) is 0 Å². The number of halogens is 3. The lowest BCUT2D eigenvalue weighted by Gasteiger charge is -2.10. The van der Waals surface area contributed by atoms with Gasteiger partial charge >= 0.3 is 5.97 Å². The molecule has 1 heterocycles. The minimum absolute atomic E-state index is 0.218. The van der Waals surface area contributed by atoms with Crippen LogP contribution in [0.15, 0.2) is 30.6 Å². The summed E-state index contributed by atoms with van der Waals surface area (Å²) in [6, 6.07) is 5.01. The number of hydrogen-bond acceptors (Lipinski definition) is 3. The van der Waals surface area contributed by atoms with E-state index in [0.717, 1.165) is 0 Å². The number of rotatable bonds is 2. The molecular weight excluding hydrogens is 309 g/mol. The van der Waals surface area contributed by atoms with Crippen molar-refractivity contribution in [1.82, 2.24) is 4.98 Å². The highest BCUT2D eigenvalue weighted by atomic mass is 35.5. The predicted molar refractivity (Wildman–Crippen MR) is 76.0 cm³/mol. The first kappa shape index (κ1) is 14.1. The molecule has 0 N–H and O–H groups in total. The molecule has 2 aromatic rings. The quantitative estimate of drug-likeness (QED) is 0.766. The van der Waals surface area contributed by atoms with Gasteiger partial charge in [-0.15, -0.1) is 0 Å². The summed E-state index contributed by atoms with van der Waals surface area (Å²) in [7, 11) is 1.29. The predicted octanol–water partition coefficient (Wildman–Crippen LogP) is 4.50. The molecule has 1 aromatic carbocycles. The zero-order valence-electron chi connectivity index (χ0n) is 9.78. The smallest absolute Gasteiger partial charge is 0.340 e. The average molecular weight is 317 g/mol. The van der Waals surface area contributed by atoms with Gasteiger partial charge in [-0.2, -0.15) is 0 Å². The Kier molecular flexibility index (Phi) is 4.30. The summed E-state index contributed by atoms with van der Waals surface area (Å²) in [6.45, 7) is 0. The van der Waals surface area contributed by atoms with Gasteiger partial charge in [0.1, 0.15) is 0 Å². The molecule has 19 heavy (non-hydrogen) atoms. The van der Waals surface area contributed by atoms with Gasteiger partial charge in [0, 0.05) is 18.0 Å². The number of ether oxygens (including phenoxy) is 1. The van der Waals surface area contributed by atoms with E-state index in [1.54, 1.807) is 18.2 Å². The SMILES string of the molecule is COC(=O)c1c(Cl)cncc1-c1ccc(Cl)c(Cl)c1. The summed E-state index contributed by atoms with van der Waals surface area (Å²) in [6.07, 6.45) is 2.91. The minimum Gasteiger partial charge on any atom is -0.465 e. The Hall–Kier alpha value is -1.29. The third-order valence-corrected chi connectivity index (χ3v) is 3.55. The molecule has 0 bridgehead atoms. The van der Waals surface area contributed by atoms with Gasteiger partial charge in [-0.1, -0.05) is 40.9 Å². The molecule has 6 heteroatoms. The van der Waals surface area contributed by atoms with Crippen molar-refractivity contribution in [1.29, 1.82) is 0 Å². The van der Waals surface area contributed by atoms with Crippen LogP contribution in [0.25, 0.3) is 11.1 Å². The summed E-state index contributed by atoms with van der Waals surface area (Å²) in [5.74, 6) is -0.534.